The average Bonchev–Trinajstić information content (AvgIpc) is 3.23. The Morgan fingerprint density at radius 3 is 2.48 bits per heavy atom. The van der Waals surface area contributed by atoms with E-state index in [0.29, 0.717) is 52.2 Å². The molecule has 3 rings (SSSR count). The van der Waals surface area contributed by atoms with E-state index in [1.807, 2.05) is 36.1 Å². The van der Waals surface area contributed by atoms with Crippen LogP contribution >= 0.6 is 0 Å². The molecule has 2 fully saturated rings. The zero-order chi connectivity index (χ0) is 19.3. The van der Waals surface area contributed by atoms with Crippen molar-refractivity contribution in [3.8, 4) is 5.75 Å². The molecule has 0 unspecified atom stereocenters. The van der Waals surface area contributed by atoms with Crippen molar-refractivity contribution >= 4 is 11.9 Å². The van der Waals surface area contributed by atoms with E-state index in [-0.39, 0.29) is 17.8 Å². The monoisotopic (exact) mass is 375 g/mol. The summed E-state index contributed by atoms with van der Waals surface area (Å²) in [6, 6.07) is 7.81. The number of likely N-dealkylation sites (tertiary alicyclic amines) is 1. The highest BCUT2D eigenvalue weighted by molar-refractivity contribution is 5.81. The molecule has 1 amide bonds. The molecule has 2 saturated heterocycles. The zero-order valence-corrected chi connectivity index (χ0v) is 16.2. The van der Waals surface area contributed by atoms with Gasteiger partial charge in [0.2, 0.25) is 5.91 Å². The van der Waals surface area contributed by atoms with Crippen molar-refractivity contribution in [1.82, 2.24) is 4.90 Å². The Bertz CT molecular complexity index is 643. The van der Waals surface area contributed by atoms with E-state index < -0.39 is 5.41 Å². The molecule has 1 aromatic carbocycles. The molecule has 6 nitrogen and oxygen atoms in total. The fourth-order valence-electron chi connectivity index (χ4n) is 4.01. The number of methoxy groups -OCH3 is 1. The smallest absolute Gasteiger partial charge is 0.312 e. The number of benzene rings is 1. The van der Waals surface area contributed by atoms with Crippen LogP contribution in [0.25, 0.3) is 0 Å². The van der Waals surface area contributed by atoms with Gasteiger partial charge in [0.05, 0.1) is 31.7 Å². The number of amides is 1. The first-order valence-corrected chi connectivity index (χ1v) is 9.74. The molecule has 2 aliphatic rings. The van der Waals surface area contributed by atoms with E-state index in [1.165, 1.54) is 0 Å². The van der Waals surface area contributed by atoms with Gasteiger partial charge in [0.25, 0.3) is 0 Å². The fourth-order valence-corrected chi connectivity index (χ4v) is 4.01. The minimum Gasteiger partial charge on any atom is -0.497 e. The van der Waals surface area contributed by atoms with E-state index >= 15 is 0 Å². The van der Waals surface area contributed by atoms with Crippen LogP contribution in [-0.4, -0.2) is 56.8 Å². The number of carbonyl (C=O) groups excluding carboxylic acids is 2. The van der Waals surface area contributed by atoms with Gasteiger partial charge < -0.3 is 19.1 Å². The third-order valence-electron chi connectivity index (χ3n) is 5.72. The van der Waals surface area contributed by atoms with Crippen LogP contribution in [0.5, 0.6) is 5.75 Å². The molecule has 1 atom stereocenters. The minimum absolute atomic E-state index is 0.0262. The summed E-state index contributed by atoms with van der Waals surface area (Å²) in [5, 5.41) is 0. The highest BCUT2D eigenvalue weighted by Crippen LogP contribution is 2.37. The highest BCUT2D eigenvalue weighted by atomic mass is 16.5. The van der Waals surface area contributed by atoms with Gasteiger partial charge in [-0.1, -0.05) is 12.1 Å². The van der Waals surface area contributed by atoms with Gasteiger partial charge in [0.1, 0.15) is 5.75 Å². The van der Waals surface area contributed by atoms with Crippen LogP contribution in [0.15, 0.2) is 24.3 Å². The van der Waals surface area contributed by atoms with E-state index in [4.69, 9.17) is 14.2 Å². The van der Waals surface area contributed by atoms with Gasteiger partial charge in [-0.3, -0.25) is 9.59 Å². The molecule has 6 heteroatoms. The molecule has 0 radical (unpaired) electrons. The standard InChI is InChI=1S/C21H29NO5/c1-3-27-20(24)21(14-16-4-6-18(25-2)7-5-16)9-11-22(12-10-21)19(23)17-8-13-26-15-17/h4-7,17H,3,8-15H2,1-2H3/t17-/m0/s1. The van der Waals surface area contributed by atoms with Gasteiger partial charge in [-0.2, -0.15) is 0 Å². The first kappa shape index (κ1) is 19.7. The van der Waals surface area contributed by atoms with Crippen LogP contribution in [0, 0.1) is 11.3 Å². The molecular weight excluding hydrogens is 346 g/mol. The predicted octanol–water partition coefficient (Wildman–Crippen LogP) is 2.45. The normalized spacial score (nSPS) is 21.7. The predicted molar refractivity (Wildman–Crippen MR) is 101 cm³/mol. The molecule has 0 N–H and O–H groups in total. The third-order valence-corrected chi connectivity index (χ3v) is 5.72. The SMILES string of the molecule is CCOC(=O)C1(Cc2ccc(OC)cc2)CCN(C(=O)[C@H]2CCOC2)CC1. The molecule has 1 aromatic rings. The van der Waals surface area contributed by atoms with Crippen LogP contribution < -0.4 is 4.74 Å². The minimum atomic E-state index is -0.576. The number of hydrogen-bond donors (Lipinski definition) is 0. The first-order chi connectivity index (χ1) is 13.1. The number of rotatable bonds is 6. The maximum Gasteiger partial charge on any atom is 0.312 e. The summed E-state index contributed by atoms with van der Waals surface area (Å²) in [7, 11) is 1.64. The summed E-state index contributed by atoms with van der Waals surface area (Å²) in [4.78, 5) is 27.4. The lowest BCUT2D eigenvalue weighted by Crippen LogP contribution is -2.49. The van der Waals surface area contributed by atoms with E-state index in [1.54, 1.807) is 7.11 Å². The van der Waals surface area contributed by atoms with E-state index in [9.17, 15) is 9.59 Å². The van der Waals surface area contributed by atoms with Crippen molar-refractivity contribution in [2.24, 2.45) is 11.3 Å². The number of piperidine rings is 1. The van der Waals surface area contributed by atoms with Gasteiger partial charge in [0, 0.05) is 19.7 Å². The summed E-state index contributed by atoms with van der Waals surface area (Å²) < 4.78 is 16.0. The Kier molecular flexibility index (Phi) is 6.37. The number of carbonyl (C=O) groups is 2. The summed E-state index contributed by atoms with van der Waals surface area (Å²) in [6.07, 6.45) is 2.66. The Morgan fingerprint density at radius 2 is 1.93 bits per heavy atom. The van der Waals surface area contributed by atoms with Gasteiger partial charge in [-0.25, -0.2) is 0 Å². The summed E-state index contributed by atoms with van der Waals surface area (Å²) in [5.74, 6) is 0.774. The zero-order valence-electron chi connectivity index (χ0n) is 16.2. The number of hydrogen-bond acceptors (Lipinski definition) is 5. The van der Waals surface area contributed by atoms with Crippen LogP contribution in [0.3, 0.4) is 0 Å². The molecule has 148 valence electrons. The molecular formula is C21H29NO5. The Morgan fingerprint density at radius 1 is 1.22 bits per heavy atom. The second kappa shape index (κ2) is 8.74. The van der Waals surface area contributed by atoms with Crippen LogP contribution in [0.1, 0.15) is 31.7 Å². The molecule has 0 aromatic heterocycles. The molecule has 2 heterocycles. The highest BCUT2D eigenvalue weighted by Gasteiger charge is 2.44. The second-order valence-corrected chi connectivity index (χ2v) is 7.41. The summed E-state index contributed by atoms with van der Waals surface area (Å²) in [6.45, 7) is 4.55. The van der Waals surface area contributed by atoms with Crippen molar-refractivity contribution in [3.63, 3.8) is 0 Å². The molecule has 0 saturated carbocycles. The summed E-state index contributed by atoms with van der Waals surface area (Å²) >= 11 is 0. The first-order valence-electron chi connectivity index (χ1n) is 9.74. The number of esters is 1. The van der Waals surface area contributed by atoms with E-state index in [2.05, 4.69) is 0 Å². The van der Waals surface area contributed by atoms with E-state index in [0.717, 1.165) is 17.7 Å². The Balaban J connectivity index is 1.70. The van der Waals surface area contributed by atoms with Crippen LogP contribution in [-0.2, 0) is 25.5 Å². The number of nitrogens with zero attached hydrogens (tertiary/aromatic N) is 1. The van der Waals surface area contributed by atoms with Crippen molar-refractivity contribution < 1.29 is 23.8 Å². The van der Waals surface area contributed by atoms with Crippen LogP contribution in [0.2, 0.25) is 0 Å². The van der Waals surface area contributed by atoms with Gasteiger partial charge in [-0.05, 0) is 50.3 Å². The third kappa shape index (κ3) is 4.43. The van der Waals surface area contributed by atoms with Crippen LogP contribution in [0.4, 0.5) is 0 Å². The topological polar surface area (TPSA) is 65.1 Å². The van der Waals surface area contributed by atoms with Gasteiger partial charge >= 0.3 is 5.97 Å². The van der Waals surface area contributed by atoms with Crippen molar-refractivity contribution in [1.29, 1.82) is 0 Å². The largest absolute Gasteiger partial charge is 0.497 e. The lowest BCUT2D eigenvalue weighted by atomic mass is 9.73. The lowest BCUT2D eigenvalue weighted by molar-refractivity contribution is -0.160. The van der Waals surface area contributed by atoms with Gasteiger partial charge in [0.15, 0.2) is 0 Å². The maximum atomic E-state index is 12.8. The molecule has 0 spiro atoms. The average molecular weight is 375 g/mol. The van der Waals surface area contributed by atoms with Gasteiger partial charge in [-0.15, -0.1) is 0 Å². The Hall–Kier alpha value is -2.08. The van der Waals surface area contributed by atoms with Crippen molar-refractivity contribution in [2.45, 2.75) is 32.6 Å². The Labute approximate surface area is 160 Å². The quantitative estimate of drug-likeness (QED) is 0.715. The second-order valence-electron chi connectivity index (χ2n) is 7.41. The molecule has 2 aliphatic heterocycles. The van der Waals surface area contributed by atoms with Crippen molar-refractivity contribution in [2.75, 3.05) is 40.0 Å². The maximum absolute atomic E-state index is 12.8. The van der Waals surface area contributed by atoms with Crippen molar-refractivity contribution in [3.05, 3.63) is 29.8 Å². The lowest BCUT2D eigenvalue weighted by Gasteiger charge is -2.40. The molecule has 0 bridgehead atoms. The summed E-state index contributed by atoms with van der Waals surface area (Å²) in [5.41, 5.74) is 0.501. The molecule has 27 heavy (non-hydrogen) atoms. The molecule has 0 aliphatic carbocycles. The number of ether oxygens (including phenoxy) is 3. The fraction of sp³-hybridized carbons (Fsp3) is 0.619.